The van der Waals surface area contributed by atoms with Crippen molar-refractivity contribution in [3.05, 3.63) is 42.0 Å². The van der Waals surface area contributed by atoms with E-state index in [4.69, 9.17) is 18.9 Å². The molecule has 3 fully saturated rings. The molecular weight excluding hydrogens is 800 g/mol. The number of allylic oxidation sites excluding steroid dienone is 1. The highest BCUT2D eigenvalue weighted by Crippen LogP contribution is 2.47. The van der Waals surface area contributed by atoms with Crippen LogP contribution in [0.15, 0.2) is 36.4 Å². The maximum absolute atomic E-state index is 14.5. The molecule has 1 aromatic heterocycles. The van der Waals surface area contributed by atoms with Crippen LogP contribution >= 0.6 is 0 Å². The molecule has 59 heavy (non-hydrogen) atoms. The highest BCUT2D eigenvalue weighted by Gasteiger charge is 2.63. The molecule has 1 aromatic carbocycles. The summed E-state index contributed by atoms with van der Waals surface area (Å²) in [6, 6.07) is 4.54. The van der Waals surface area contributed by atoms with Crippen LogP contribution in [0.5, 0.6) is 11.8 Å². The highest BCUT2D eigenvalue weighted by molar-refractivity contribution is 7.91. The number of hydrogen-bond donors (Lipinski definition) is 3. The topological polar surface area (TPSA) is 192 Å². The largest absolute Gasteiger partial charge is 0.475 e. The van der Waals surface area contributed by atoms with Gasteiger partial charge in [-0.25, -0.2) is 13.2 Å². The van der Waals surface area contributed by atoms with E-state index in [1.807, 2.05) is 19.1 Å². The van der Waals surface area contributed by atoms with Crippen LogP contribution in [-0.2, 0) is 40.3 Å². The maximum atomic E-state index is 14.5. The molecule has 1 aliphatic heterocycles. The molecule has 5 unspecified atom stereocenters. The number of alkyl carbamates (subject to hydrolysis) is 1. The van der Waals surface area contributed by atoms with Crippen molar-refractivity contribution in [2.24, 2.45) is 11.8 Å². The minimum absolute atomic E-state index is 0.0737. The molecule has 19 heteroatoms. The molecule has 0 radical (unpaired) electrons. The Labute approximate surface area is 342 Å². The number of ether oxygens (including phenoxy) is 4. The van der Waals surface area contributed by atoms with Crippen molar-refractivity contribution in [3.8, 4) is 11.8 Å². The number of amides is 4. The van der Waals surface area contributed by atoms with Gasteiger partial charge in [-0.05, 0) is 76.3 Å². The summed E-state index contributed by atoms with van der Waals surface area (Å²) in [7, 11) is -2.56. The monoisotopic (exact) mass is 853 g/mol. The highest BCUT2D eigenvalue weighted by atomic mass is 32.2. The number of pyridine rings is 1. The van der Waals surface area contributed by atoms with Crippen LogP contribution in [0.2, 0.25) is 0 Å². The first-order valence-corrected chi connectivity index (χ1v) is 21.1. The number of halogens is 3. The Morgan fingerprint density at radius 1 is 1.10 bits per heavy atom. The number of carbonyl (C=O) groups excluding carboxylic acids is 4. The van der Waals surface area contributed by atoms with Gasteiger partial charge in [-0.15, -0.1) is 0 Å². The normalized spacial score (nSPS) is 23.2. The van der Waals surface area contributed by atoms with Gasteiger partial charge in [0.1, 0.15) is 30.3 Å². The summed E-state index contributed by atoms with van der Waals surface area (Å²) >= 11 is 0. The van der Waals surface area contributed by atoms with Crippen molar-refractivity contribution in [2.75, 3.05) is 26.9 Å². The van der Waals surface area contributed by atoms with Gasteiger partial charge < -0.3 is 34.5 Å². The number of carbonyl (C=O) groups is 4. The van der Waals surface area contributed by atoms with Gasteiger partial charge in [0.2, 0.25) is 39.2 Å². The Kier molecular flexibility index (Phi) is 13.2. The van der Waals surface area contributed by atoms with Crippen molar-refractivity contribution in [3.63, 3.8) is 0 Å². The molecule has 3 N–H and O–H groups in total. The van der Waals surface area contributed by atoms with Crippen LogP contribution < -0.4 is 24.8 Å². The Bertz CT molecular complexity index is 2070. The summed E-state index contributed by atoms with van der Waals surface area (Å²) in [5.41, 5.74) is -3.58. The van der Waals surface area contributed by atoms with Crippen molar-refractivity contribution in [1.29, 1.82) is 0 Å². The van der Waals surface area contributed by atoms with Gasteiger partial charge in [-0.2, -0.15) is 18.2 Å². The van der Waals surface area contributed by atoms with E-state index in [9.17, 15) is 40.8 Å². The zero-order valence-electron chi connectivity index (χ0n) is 34.5. The minimum Gasteiger partial charge on any atom is -0.475 e. The lowest BCUT2D eigenvalue weighted by Gasteiger charge is -2.32. The summed E-state index contributed by atoms with van der Waals surface area (Å²) in [5.74, 6) is -3.47. The lowest BCUT2D eigenvalue weighted by Crippen LogP contribution is -2.59. The molecular formula is C40H54F3N5O10S. The van der Waals surface area contributed by atoms with Crippen molar-refractivity contribution >= 4 is 44.6 Å². The fourth-order valence-corrected chi connectivity index (χ4v) is 8.27. The number of benzene rings is 1. The molecule has 5 atom stereocenters. The molecule has 326 valence electrons. The summed E-state index contributed by atoms with van der Waals surface area (Å²) in [5, 5.41) is 6.42. The second-order valence-corrected chi connectivity index (χ2v) is 18.6. The third-order valence-corrected chi connectivity index (χ3v) is 13.4. The van der Waals surface area contributed by atoms with E-state index in [1.54, 1.807) is 45.1 Å². The van der Waals surface area contributed by atoms with E-state index in [1.165, 1.54) is 14.0 Å². The molecule has 2 aliphatic carbocycles. The van der Waals surface area contributed by atoms with Gasteiger partial charge in [0, 0.05) is 30.9 Å². The van der Waals surface area contributed by atoms with Gasteiger partial charge in [0.25, 0.3) is 5.91 Å². The zero-order chi connectivity index (χ0) is 43.7. The average molecular weight is 854 g/mol. The third kappa shape index (κ3) is 9.71. The maximum Gasteiger partial charge on any atom is 0.427 e. The number of aryl methyl sites for hydroxylation is 1. The van der Waals surface area contributed by atoms with E-state index in [-0.39, 0.29) is 44.4 Å². The molecule has 0 spiro atoms. The summed E-state index contributed by atoms with van der Waals surface area (Å²) in [4.78, 5) is 61.3. The standard InChI is InChI=1S/C40H54F3N5O10S/c1-9-12-25-21-39(25,35(51)47-59(53,54)38(7)15-16-38)46-32(49)29-19-26(22-48(29)34(50)31(23(3)4)45-36(52)58-37(5,6)40(41,42)43)57-33-27-14-11-13-24(10-2)28(27)20-30(44-33)56-18-17-55-8/h9,11-14,20,23,25-26,29,31H,10,15-19,21-22H2,1-8H3,(H,45,52)(H,46,49)(H,47,51). The van der Waals surface area contributed by atoms with E-state index in [2.05, 4.69) is 20.3 Å². The van der Waals surface area contributed by atoms with E-state index in [0.29, 0.717) is 38.5 Å². The number of sulfonamides is 1. The number of aromatic nitrogens is 1. The Morgan fingerprint density at radius 2 is 1.80 bits per heavy atom. The summed E-state index contributed by atoms with van der Waals surface area (Å²) in [6.07, 6.45) is -2.67. The van der Waals surface area contributed by atoms with Gasteiger partial charge in [0.15, 0.2) is 0 Å². The van der Waals surface area contributed by atoms with Crippen LogP contribution in [0.3, 0.4) is 0 Å². The molecule has 2 saturated carbocycles. The number of rotatable bonds is 17. The molecule has 15 nitrogen and oxygen atoms in total. The van der Waals surface area contributed by atoms with Crippen LogP contribution in [0.1, 0.15) is 79.7 Å². The molecule has 3 aliphatic rings. The van der Waals surface area contributed by atoms with E-state index >= 15 is 0 Å². The first-order chi connectivity index (χ1) is 27.5. The van der Waals surface area contributed by atoms with E-state index < -0.39 is 85.9 Å². The number of hydrogen-bond acceptors (Lipinski definition) is 11. The van der Waals surface area contributed by atoms with Gasteiger partial charge >= 0.3 is 12.3 Å². The molecule has 5 rings (SSSR count). The van der Waals surface area contributed by atoms with Gasteiger partial charge in [-0.3, -0.25) is 19.1 Å². The zero-order valence-corrected chi connectivity index (χ0v) is 35.3. The van der Waals surface area contributed by atoms with Crippen molar-refractivity contribution < 1.29 is 59.7 Å². The number of nitrogens with zero attached hydrogens (tertiary/aromatic N) is 2. The molecule has 0 bridgehead atoms. The first-order valence-electron chi connectivity index (χ1n) is 19.6. The smallest absolute Gasteiger partial charge is 0.427 e. The van der Waals surface area contributed by atoms with Crippen LogP contribution in [0.25, 0.3) is 10.8 Å². The van der Waals surface area contributed by atoms with Gasteiger partial charge in [-0.1, -0.05) is 45.1 Å². The Morgan fingerprint density at radius 3 is 2.39 bits per heavy atom. The van der Waals surface area contributed by atoms with E-state index in [0.717, 1.165) is 15.8 Å². The predicted octanol–water partition coefficient (Wildman–Crippen LogP) is 4.71. The lowest BCUT2D eigenvalue weighted by molar-refractivity contribution is -0.244. The number of alkyl halides is 3. The quantitative estimate of drug-likeness (QED) is 0.148. The SMILES string of the molecule is CC=CC1CC1(NC(=O)C1CC(Oc2nc(OCCOC)cc3c(CC)cccc23)CN1C(=O)C(NC(=O)OC(C)(C)C(F)(F)F)C(C)C)C(=O)NS(=O)(=O)C1(C)CC1. The molecule has 2 aromatic rings. The third-order valence-electron chi connectivity index (χ3n) is 11.2. The molecule has 4 amide bonds. The fraction of sp³-hybridized carbons (Fsp3) is 0.625. The minimum atomic E-state index is -4.92. The molecule has 1 saturated heterocycles. The summed E-state index contributed by atoms with van der Waals surface area (Å²) < 4.78 is 90.2. The van der Waals surface area contributed by atoms with Crippen LogP contribution in [0.4, 0.5) is 18.0 Å². The van der Waals surface area contributed by atoms with Crippen LogP contribution in [0, 0.1) is 11.8 Å². The van der Waals surface area contributed by atoms with Crippen molar-refractivity contribution in [1.82, 2.24) is 25.2 Å². The number of likely N-dealkylation sites (tertiary alicyclic amines) is 1. The number of nitrogens with one attached hydrogen (secondary N) is 3. The Balaban J connectivity index is 1.49. The fourth-order valence-electron chi connectivity index (χ4n) is 6.96. The van der Waals surface area contributed by atoms with Crippen molar-refractivity contribution in [2.45, 2.75) is 121 Å². The second-order valence-electron chi connectivity index (χ2n) is 16.4. The number of fused-ring (bicyclic) bond motifs is 1. The number of methoxy groups -OCH3 is 1. The Hall–Kier alpha value is -4.65. The second kappa shape index (κ2) is 17.1. The summed E-state index contributed by atoms with van der Waals surface area (Å²) in [6.45, 7) is 9.89. The van der Waals surface area contributed by atoms with Crippen LogP contribution in [-0.4, -0.2) is 109 Å². The predicted molar refractivity (Wildman–Crippen MR) is 210 cm³/mol. The molecule has 2 heterocycles. The van der Waals surface area contributed by atoms with Gasteiger partial charge in [0.05, 0.1) is 17.9 Å². The first kappa shape index (κ1) is 45.4. The average Bonchev–Trinajstić information content (AvgIpc) is 4.03. The lowest BCUT2D eigenvalue weighted by atomic mass is 10.0.